The minimum Gasteiger partial charge on any atom is -0.463 e. The summed E-state index contributed by atoms with van der Waals surface area (Å²) in [6.45, 7) is 3.21. The number of carbonyl (C=O) groups excluding carboxylic acids is 2. The second kappa shape index (κ2) is 17.3. The molecule has 8 nitrogen and oxygen atoms in total. The molecule has 0 radical (unpaired) electrons. The molecule has 1 aliphatic rings. The predicted octanol–water partition coefficient (Wildman–Crippen LogP) is 2.95. The Balaban J connectivity index is 2.03. The molecule has 0 saturated carbocycles. The number of nitrogens with one attached hydrogen (secondary N) is 1. The van der Waals surface area contributed by atoms with Gasteiger partial charge in [0, 0.05) is 13.3 Å². The number of unbranched alkanes of at least 4 members (excludes halogenated alkanes) is 12. The monoisotopic (exact) mass is 459 g/mol. The van der Waals surface area contributed by atoms with Gasteiger partial charge in [-0.3, -0.25) is 9.59 Å². The summed E-state index contributed by atoms with van der Waals surface area (Å²) < 4.78 is 10.3. The van der Waals surface area contributed by atoms with Crippen LogP contribution in [0.4, 0.5) is 0 Å². The molecule has 0 spiro atoms. The lowest BCUT2D eigenvalue weighted by Crippen LogP contribution is -2.64. The Morgan fingerprint density at radius 2 is 1.31 bits per heavy atom. The average Bonchev–Trinajstić information content (AvgIpc) is 2.75. The van der Waals surface area contributed by atoms with Crippen molar-refractivity contribution in [2.75, 3.05) is 6.61 Å². The number of carbonyl (C=O) groups is 2. The molecule has 1 heterocycles. The van der Waals surface area contributed by atoms with Gasteiger partial charge in [-0.05, 0) is 6.42 Å². The first-order valence-electron chi connectivity index (χ1n) is 12.5. The molecule has 1 amide bonds. The molecule has 1 aliphatic heterocycles. The number of esters is 1. The fourth-order valence-corrected chi connectivity index (χ4v) is 4.01. The molecule has 5 atom stereocenters. The second-order valence-corrected chi connectivity index (χ2v) is 8.95. The number of ether oxygens (including phenoxy) is 2. The van der Waals surface area contributed by atoms with E-state index >= 15 is 0 Å². The van der Waals surface area contributed by atoms with Gasteiger partial charge in [-0.15, -0.1) is 0 Å². The second-order valence-electron chi connectivity index (χ2n) is 8.95. The van der Waals surface area contributed by atoms with Crippen molar-refractivity contribution in [1.82, 2.24) is 5.32 Å². The van der Waals surface area contributed by atoms with Crippen LogP contribution < -0.4 is 5.32 Å². The standard InChI is InChI=1S/C24H45NO7/c1-3-4-5-6-7-8-9-10-11-12-13-14-15-16-20(27)31-17-19-22(28)23(29)21(24(30)32-19)25-18(2)26/h19,21-24,28-30H,3-17H2,1-2H3,(H,25,26)/t19-,21+,22-,23-,24+/m1/s1. The number of hydrogen-bond donors (Lipinski definition) is 4. The van der Waals surface area contributed by atoms with Crippen molar-refractivity contribution in [3.63, 3.8) is 0 Å². The molecule has 0 unspecified atom stereocenters. The highest BCUT2D eigenvalue weighted by Gasteiger charge is 2.44. The van der Waals surface area contributed by atoms with Gasteiger partial charge in [0.25, 0.3) is 0 Å². The predicted molar refractivity (Wildman–Crippen MR) is 122 cm³/mol. The summed E-state index contributed by atoms with van der Waals surface area (Å²) in [5.41, 5.74) is 0. The topological polar surface area (TPSA) is 125 Å². The third kappa shape index (κ3) is 12.1. The molecule has 0 aromatic carbocycles. The Bertz CT molecular complexity index is 517. The SMILES string of the molecule is CCCCCCCCCCCCCCCC(=O)OC[C@H]1O[C@H](O)[C@@H](NC(C)=O)[C@@H](O)[C@@H]1O. The Labute approximate surface area is 193 Å². The Kier molecular flexibility index (Phi) is 15.6. The molecule has 1 saturated heterocycles. The zero-order valence-electron chi connectivity index (χ0n) is 20.0. The summed E-state index contributed by atoms with van der Waals surface area (Å²) >= 11 is 0. The zero-order chi connectivity index (χ0) is 23.8. The Hall–Kier alpha value is -1.22. The van der Waals surface area contributed by atoms with Gasteiger partial charge in [-0.1, -0.05) is 84.0 Å². The van der Waals surface area contributed by atoms with Crippen molar-refractivity contribution >= 4 is 11.9 Å². The first kappa shape index (κ1) is 28.8. The lowest BCUT2D eigenvalue weighted by Gasteiger charge is -2.40. The lowest BCUT2D eigenvalue weighted by molar-refractivity contribution is -0.255. The van der Waals surface area contributed by atoms with Crippen molar-refractivity contribution in [3.05, 3.63) is 0 Å². The van der Waals surface area contributed by atoms with E-state index in [1.54, 1.807) is 0 Å². The van der Waals surface area contributed by atoms with Crippen LogP contribution in [0.3, 0.4) is 0 Å². The highest BCUT2D eigenvalue weighted by Crippen LogP contribution is 2.21. The van der Waals surface area contributed by atoms with Gasteiger partial charge in [0.2, 0.25) is 5.91 Å². The maximum atomic E-state index is 11.9. The molecule has 0 bridgehead atoms. The maximum absolute atomic E-state index is 11.9. The molecule has 0 aromatic heterocycles. The van der Waals surface area contributed by atoms with Crippen LogP contribution in [0.15, 0.2) is 0 Å². The van der Waals surface area contributed by atoms with Crippen molar-refractivity contribution in [2.45, 2.75) is 134 Å². The van der Waals surface area contributed by atoms with Gasteiger partial charge in [0.05, 0.1) is 0 Å². The smallest absolute Gasteiger partial charge is 0.305 e. The third-order valence-corrected chi connectivity index (χ3v) is 5.98. The van der Waals surface area contributed by atoms with Crippen LogP contribution in [0.1, 0.15) is 104 Å². The van der Waals surface area contributed by atoms with Crippen LogP contribution in [-0.4, -0.2) is 64.4 Å². The van der Waals surface area contributed by atoms with Crippen LogP contribution >= 0.6 is 0 Å². The minimum atomic E-state index is -1.50. The number of hydrogen-bond acceptors (Lipinski definition) is 7. The highest BCUT2D eigenvalue weighted by molar-refractivity contribution is 5.73. The first-order valence-corrected chi connectivity index (χ1v) is 12.5. The van der Waals surface area contributed by atoms with Gasteiger partial charge in [-0.25, -0.2) is 0 Å². The van der Waals surface area contributed by atoms with Gasteiger partial charge >= 0.3 is 5.97 Å². The van der Waals surface area contributed by atoms with E-state index < -0.39 is 42.5 Å². The van der Waals surface area contributed by atoms with E-state index in [0.29, 0.717) is 6.42 Å². The number of aliphatic hydroxyl groups excluding tert-OH is 3. The fourth-order valence-electron chi connectivity index (χ4n) is 4.01. The van der Waals surface area contributed by atoms with Crippen LogP contribution in [0, 0.1) is 0 Å². The van der Waals surface area contributed by atoms with Crippen molar-refractivity contribution in [1.29, 1.82) is 0 Å². The largest absolute Gasteiger partial charge is 0.463 e. The summed E-state index contributed by atoms with van der Waals surface area (Å²) in [4.78, 5) is 23.1. The zero-order valence-corrected chi connectivity index (χ0v) is 20.0. The Morgan fingerprint density at radius 1 is 0.812 bits per heavy atom. The Morgan fingerprint density at radius 3 is 1.81 bits per heavy atom. The molecule has 4 N–H and O–H groups in total. The van der Waals surface area contributed by atoms with Gasteiger partial charge in [0.15, 0.2) is 6.29 Å². The first-order chi connectivity index (χ1) is 15.4. The quantitative estimate of drug-likeness (QED) is 0.195. The third-order valence-electron chi connectivity index (χ3n) is 5.98. The maximum Gasteiger partial charge on any atom is 0.305 e. The van der Waals surface area contributed by atoms with Crippen LogP contribution in [0.2, 0.25) is 0 Å². The summed E-state index contributed by atoms with van der Waals surface area (Å²) in [5, 5.41) is 32.5. The van der Waals surface area contributed by atoms with E-state index in [2.05, 4.69) is 12.2 Å². The minimum absolute atomic E-state index is 0.265. The molecule has 0 aliphatic carbocycles. The van der Waals surface area contributed by atoms with Crippen LogP contribution in [0.5, 0.6) is 0 Å². The van der Waals surface area contributed by atoms with Crippen LogP contribution in [0.25, 0.3) is 0 Å². The number of rotatable bonds is 17. The molecule has 1 rings (SSSR count). The van der Waals surface area contributed by atoms with Crippen molar-refractivity contribution in [2.24, 2.45) is 0 Å². The van der Waals surface area contributed by atoms with E-state index in [9.17, 15) is 24.9 Å². The lowest BCUT2D eigenvalue weighted by atomic mass is 9.97. The van der Waals surface area contributed by atoms with Gasteiger partial charge < -0.3 is 30.1 Å². The van der Waals surface area contributed by atoms with E-state index in [-0.39, 0.29) is 6.61 Å². The van der Waals surface area contributed by atoms with Crippen molar-refractivity contribution < 1.29 is 34.4 Å². The molecule has 0 aromatic rings. The summed E-state index contributed by atoms with van der Waals surface area (Å²) in [7, 11) is 0. The fraction of sp³-hybridized carbons (Fsp3) is 0.917. The van der Waals surface area contributed by atoms with Crippen molar-refractivity contribution in [3.8, 4) is 0 Å². The average molecular weight is 460 g/mol. The molecular formula is C24H45NO7. The molecule has 32 heavy (non-hydrogen) atoms. The van der Waals surface area contributed by atoms with Crippen LogP contribution in [-0.2, 0) is 19.1 Å². The van der Waals surface area contributed by atoms with E-state index in [1.807, 2.05) is 0 Å². The van der Waals surface area contributed by atoms with E-state index in [1.165, 1.54) is 71.1 Å². The van der Waals surface area contributed by atoms with Gasteiger partial charge in [0.1, 0.15) is 31.0 Å². The van der Waals surface area contributed by atoms with E-state index in [0.717, 1.165) is 19.3 Å². The normalized spacial score (nSPS) is 25.5. The summed E-state index contributed by atoms with van der Waals surface area (Å²) in [6, 6.07) is -1.14. The summed E-state index contributed by atoms with van der Waals surface area (Å²) in [6.07, 6.45) is 10.9. The van der Waals surface area contributed by atoms with E-state index in [4.69, 9.17) is 9.47 Å². The molecule has 8 heteroatoms. The highest BCUT2D eigenvalue weighted by atomic mass is 16.6. The molecule has 1 fully saturated rings. The summed E-state index contributed by atoms with van der Waals surface area (Å²) in [5.74, 6) is -0.858. The number of aliphatic hydroxyl groups is 3. The molecule has 188 valence electrons. The van der Waals surface area contributed by atoms with Gasteiger partial charge in [-0.2, -0.15) is 0 Å². The molecular weight excluding hydrogens is 414 g/mol. The number of amides is 1.